The lowest BCUT2D eigenvalue weighted by Gasteiger charge is -2.01. The van der Waals surface area contributed by atoms with Crippen LogP contribution in [0, 0.1) is 6.92 Å². The first kappa shape index (κ1) is 13.1. The fourth-order valence-electron chi connectivity index (χ4n) is 1.84. The minimum atomic E-state index is 0.961. The molecule has 0 aliphatic rings. The lowest BCUT2D eigenvalue weighted by Crippen LogP contribution is -1.84. The lowest BCUT2D eigenvalue weighted by atomic mass is 10.1. The smallest absolute Gasteiger partial charge is 0.0704 e. The fraction of sp³-hybridized carbons (Fsp3) is 0.188. The van der Waals surface area contributed by atoms with E-state index in [1.54, 1.807) is 18.6 Å². The molecule has 96 valence electrons. The first-order valence-electron chi connectivity index (χ1n) is 6.36. The third-order valence-electron chi connectivity index (χ3n) is 2.81. The zero-order valence-electron chi connectivity index (χ0n) is 11.2. The van der Waals surface area contributed by atoms with Gasteiger partial charge in [-0.3, -0.25) is 15.0 Å². The molecule has 3 rings (SSSR count). The standard InChI is InChI=1S/C11H11N.C5H6N2/c1-2-9-7-8-12-11-6-4-3-5-10(9)11;1-5-4-6-2-3-7-5/h3-8H,2H2,1H3;2-4H,1H3. The Morgan fingerprint density at radius 1 is 0.947 bits per heavy atom. The van der Waals surface area contributed by atoms with Gasteiger partial charge in [-0.1, -0.05) is 25.1 Å². The second kappa shape index (κ2) is 6.59. The van der Waals surface area contributed by atoms with Gasteiger partial charge in [0.2, 0.25) is 0 Å². The molecule has 0 N–H and O–H groups in total. The topological polar surface area (TPSA) is 38.7 Å². The highest BCUT2D eigenvalue weighted by Gasteiger charge is 1.96. The first-order chi connectivity index (χ1) is 9.31. The van der Waals surface area contributed by atoms with Gasteiger partial charge in [0.1, 0.15) is 0 Å². The molecule has 3 aromatic rings. The lowest BCUT2D eigenvalue weighted by molar-refractivity contribution is 1.12. The van der Waals surface area contributed by atoms with Gasteiger partial charge in [0.05, 0.1) is 11.2 Å². The van der Waals surface area contributed by atoms with Crippen molar-refractivity contribution < 1.29 is 0 Å². The Morgan fingerprint density at radius 3 is 2.42 bits per heavy atom. The quantitative estimate of drug-likeness (QED) is 0.663. The molecule has 3 heteroatoms. The third-order valence-corrected chi connectivity index (χ3v) is 2.81. The number of para-hydroxylation sites is 1. The Labute approximate surface area is 113 Å². The van der Waals surface area contributed by atoms with E-state index in [1.807, 2.05) is 19.2 Å². The second-order valence-corrected chi connectivity index (χ2v) is 4.19. The summed E-state index contributed by atoms with van der Waals surface area (Å²) < 4.78 is 0. The van der Waals surface area contributed by atoms with Gasteiger partial charge in [-0.25, -0.2) is 0 Å². The zero-order chi connectivity index (χ0) is 13.5. The summed E-state index contributed by atoms with van der Waals surface area (Å²) in [6.07, 6.45) is 8.01. The maximum absolute atomic E-state index is 4.29. The van der Waals surface area contributed by atoms with Crippen LogP contribution < -0.4 is 0 Å². The van der Waals surface area contributed by atoms with Crippen LogP contribution >= 0.6 is 0 Å². The van der Waals surface area contributed by atoms with Crippen molar-refractivity contribution in [2.24, 2.45) is 0 Å². The molecule has 0 fully saturated rings. The average Bonchev–Trinajstić information content (AvgIpc) is 2.48. The normalized spacial score (nSPS) is 9.79. The van der Waals surface area contributed by atoms with E-state index in [9.17, 15) is 0 Å². The number of benzene rings is 1. The highest BCUT2D eigenvalue weighted by atomic mass is 14.7. The van der Waals surface area contributed by atoms with Crippen molar-refractivity contribution in [3.63, 3.8) is 0 Å². The summed E-state index contributed by atoms with van der Waals surface area (Å²) in [5.41, 5.74) is 3.43. The van der Waals surface area contributed by atoms with Gasteiger partial charge >= 0.3 is 0 Å². The molecule has 0 atom stereocenters. The summed E-state index contributed by atoms with van der Waals surface area (Å²) in [5.74, 6) is 0. The number of hydrogen-bond acceptors (Lipinski definition) is 3. The molecule has 0 amide bonds. The molecular weight excluding hydrogens is 234 g/mol. The molecule has 0 saturated heterocycles. The zero-order valence-corrected chi connectivity index (χ0v) is 11.2. The predicted octanol–water partition coefficient (Wildman–Crippen LogP) is 3.58. The number of fused-ring (bicyclic) bond motifs is 1. The minimum Gasteiger partial charge on any atom is -0.261 e. The Morgan fingerprint density at radius 2 is 1.79 bits per heavy atom. The van der Waals surface area contributed by atoms with Crippen molar-refractivity contribution >= 4 is 10.9 Å². The molecule has 2 heterocycles. The SMILES string of the molecule is CCc1ccnc2ccccc12.Cc1cnccn1. The van der Waals surface area contributed by atoms with Gasteiger partial charge in [0.25, 0.3) is 0 Å². The van der Waals surface area contributed by atoms with Gasteiger partial charge in [0, 0.05) is 30.2 Å². The molecule has 3 nitrogen and oxygen atoms in total. The van der Waals surface area contributed by atoms with Gasteiger partial charge in [-0.2, -0.15) is 0 Å². The summed E-state index contributed by atoms with van der Waals surface area (Å²) in [7, 11) is 0. The molecule has 2 aromatic heterocycles. The monoisotopic (exact) mass is 251 g/mol. The van der Waals surface area contributed by atoms with Crippen LogP contribution in [0.5, 0.6) is 0 Å². The summed E-state index contributed by atoms with van der Waals surface area (Å²) in [4.78, 5) is 12.0. The molecule has 1 aromatic carbocycles. The van der Waals surface area contributed by atoms with Crippen molar-refractivity contribution in [1.82, 2.24) is 15.0 Å². The molecular formula is C16H17N3. The summed E-state index contributed by atoms with van der Waals surface area (Å²) >= 11 is 0. The molecule has 0 saturated carbocycles. The van der Waals surface area contributed by atoms with Crippen LogP contribution in [0.4, 0.5) is 0 Å². The molecule has 0 aliphatic heterocycles. The van der Waals surface area contributed by atoms with E-state index in [2.05, 4.69) is 46.1 Å². The fourth-order valence-corrected chi connectivity index (χ4v) is 1.84. The van der Waals surface area contributed by atoms with Crippen LogP contribution in [-0.4, -0.2) is 15.0 Å². The van der Waals surface area contributed by atoms with Crippen molar-refractivity contribution in [2.75, 3.05) is 0 Å². The van der Waals surface area contributed by atoms with E-state index >= 15 is 0 Å². The number of aryl methyl sites for hydroxylation is 2. The van der Waals surface area contributed by atoms with Crippen LogP contribution in [0.1, 0.15) is 18.2 Å². The maximum Gasteiger partial charge on any atom is 0.0704 e. The molecule has 0 radical (unpaired) electrons. The number of rotatable bonds is 1. The van der Waals surface area contributed by atoms with Gasteiger partial charge < -0.3 is 0 Å². The molecule has 0 bridgehead atoms. The van der Waals surface area contributed by atoms with Gasteiger partial charge in [0.15, 0.2) is 0 Å². The minimum absolute atomic E-state index is 0.961. The summed E-state index contributed by atoms with van der Waals surface area (Å²) in [6, 6.07) is 10.3. The highest BCUT2D eigenvalue weighted by molar-refractivity contribution is 5.81. The van der Waals surface area contributed by atoms with Gasteiger partial charge in [-0.15, -0.1) is 0 Å². The average molecular weight is 251 g/mol. The number of hydrogen-bond donors (Lipinski definition) is 0. The Balaban J connectivity index is 0.000000163. The summed E-state index contributed by atoms with van der Waals surface area (Å²) in [5, 5.41) is 1.28. The Hall–Kier alpha value is -2.29. The van der Waals surface area contributed by atoms with Crippen LogP contribution in [0.15, 0.2) is 55.1 Å². The first-order valence-corrected chi connectivity index (χ1v) is 6.36. The highest BCUT2D eigenvalue weighted by Crippen LogP contribution is 2.15. The number of aromatic nitrogens is 3. The van der Waals surface area contributed by atoms with E-state index in [-0.39, 0.29) is 0 Å². The Bertz CT molecular complexity index is 630. The van der Waals surface area contributed by atoms with E-state index in [4.69, 9.17) is 0 Å². The summed E-state index contributed by atoms with van der Waals surface area (Å²) in [6.45, 7) is 4.08. The van der Waals surface area contributed by atoms with Crippen molar-refractivity contribution in [1.29, 1.82) is 0 Å². The van der Waals surface area contributed by atoms with Gasteiger partial charge in [-0.05, 0) is 31.0 Å². The van der Waals surface area contributed by atoms with Crippen LogP contribution in [0.3, 0.4) is 0 Å². The maximum atomic E-state index is 4.29. The van der Waals surface area contributed by atoms with Crippen LogP contribution in [-0.2, 0) is 6.42 Å². The van der Waals surface area contributed by atoms with Crippen molar-refractivity contribution in [2.45, 2.75) is 20.3 Å². The number of nitrogens with zero attached hydrogens (tertiary/aromatic N) is 3. The second-order valence-electron chi connectivity index (χ2n) is 4.19. The third kappa shape index (κ3) is 3.58. The largest absolute Gasteiger partial charge is 0.261 e. The molecule has 0 unspecified atom stereocenters. The van der Waals surface area contributed by atoms with E-state index in [0.29, 0.717) is 0 Å². The predicted molar refractivity (Wildman–Crippen MR) is 77.9 cm³/mol. The van der Waals surface area contributed by atoms with E-state index in [1.165, 1.54) is 10.9 Å². The van der Waals surface area contributed by atoms with Crippen LogP contribution in [0.25, 0.3) is 10.9 Å². The van der Waals surface area contributed by atoms with Crippen molar-refractivity contribution in [3.8, 4) is 0 Å². The molecule has 0 aliphatic carbocycles. The van der Waals surface area contributed by atoms with Crippen LogP contribution in [0.2, 0.25) is 0 Å². The van der Waals surface area contributed by atoms with Crippen molar-refractivity contribution in [3.05, 3.63) is 66.4 Å². The molecule has 0 spiro atoms. The Kier molecular flexibility index (Phi) is 4.56. The van der Waals surface area contributed by atoms with E-state index in [0.717, 1.165) is 17.6 Å². The molecule has 19 heavy (non-hydrogen) atoms. The van der Waals surface area contributed by atoms with E-state index < -0.39 is 0 Å². The number of pyridine rings is 1.